The summed E-state index contributed by atoms with van der Waals surface area (Å²) in [4.78, 5) is 7.80. The molecule has 0 heterocycles. The van der Waals surface area contributed by atoms with E-state index in [0.717, 1.165) is 11.3 Å². The van der Waals surface area contributed by atoms with E-state index in [2.05, 4.69) is 16.5 Å². The third-order valence-corrected chi connectivity index (χ3v) is 1.66. The minimum absolute atomic E-state index is 0.191. The molecular formula is C11H13NO4. The van der Waals surface area contributed by atoms with E-state index < -0.39 is 0 Å². The number of aliphatic imine (C=N–C) groups is 1. The number of rotatable bonds is 5. The SMILES string of the molecule is CN=CCOc1ccc(COO)cc1.[C-]#[O+]. The first kappa shape index (κ1) is 14.3. The molecule has 0 radical (unpaired) electrons. The Morgan fingerprint density at radius 2 is 2.00 bits per heavy atom. The molecule has 0 bridgehead atoms. The van der Waals surface area contributed by atoms with Gasteiger partial charge < -0.3 is 4.74 Å². The van der Waals surface area contributed by atoms with Crippen LogP contribution in [0.25, 0.3) is 0 Å². The van der Waals surface area contributed by atoms with Crippen LogP contribution in [0.1, 0.15) is 5.56 Å². The Hall–Kier alpha value is -1.65. The van der Waals surface area contributed by atoms with E-state index in [1.54, 1.807) is 13.3 Å². The van der Waals surface area contributed by atoms with Crippen LogP contribution in [0.2, 0.25) is 0 Å². The Morgan fingerprint density at radius 3 is 2.50 bits per heavy atom. The fourth-order valence-electron chi connectivity index (χ4n) is 0.964. The molecule has 0 aliphatic rings. The summed E-state index contributed by atoms with van der Waals surface area (Å²) in [7, 11) is 1.70. The van der Waals surface area contributed by atoms with Crippen LogP contribution in [0.4, 0.5) is 0 Å². The van der Waals surface area contributed by atoms with Crippen molar-refractivity contribution in [3.8, 4) is 5.75 Å². The van der Waals surface area contributed by atoms with Gasteiger partial charge in [0.05, 0.1) is 0 Å². The third-order valence-electron chi connectivity index (χ3n) is 1.66. The number of benzene rings is 1. The van der Waals surface area contributed by atoms with Gasteiger partial charge in [0.15, 0.2) is 0 Å². The summed E-state index contributed by atoms with van der Waals surface area (Å²) < 4.78 is 12.8. The predicted molar refractivity (Wildman–Crippen MR) is 57.7 cm³/mol. The van der Waals surface area contributed by atoms with Crippen LogP contribution in [-0.2, 0) is 16.1 Å². The summed E-state index contributed by atoms with van der Waals surface area (Å²) in [6, 6.07) is 7.29. The van der Waals surface area contributed by atoms with E-state index in [-0.39, 0.29) is 6.61 Å². The quantitative estimate of drug-likeness (QED) is 0.271. The first-order chi connectivity index (χ1) is 7.86. The van der Waals surface area contributed by atoms with Crippen molar-refractivity contribution in [3.63, 3.8) is 0 Å². The van der Waals surface area contributed by atoms with Crippen molar-refractivity contribution in [1.29, 1.82) is 0 Å². The van der Waals surface area contributed by atoms with Crippen molar-refractivity contribution in [1.82, 2.24) is 0 Å². The number of ether oxygens (including phenoxy) is 1. The molecule has 1 N–H and O–H groups in total. The van der Waals surface area contributed by atoms with E-state index in [4.69, 9.17) is 14.6 Å². The zero-order chi connectivity index (χ0) is 12.2. The van der Waals surface area contributed by atoms with Gasteiger partial charge in [-0.15, -0.1) is 0 Å². The second-order valence-corrected chi connectivity index (χ2v) is 2.67. The molecule has 0 aliphatic carbocycles. The Bertz CT molecular complexity index is 319. The van der Waals surface area contributed by atoms with Crippen molar-refractivity contribution in [2.75, 3.05) is 13.7 Å². The van der Waals surface area contributed by atoms with E-state index >= 15 is 0 Å². The zero-order valence-corrected chi connectivity index (χ0v) is 8.92. The second-order valence-electron chi connectivity index (χ2n) is 2.67. The molecule has 1 aromatic rings. The number of hydrogen-bond donors (Lipinski definition) is 1. The molecule has 86 valence electrons. The van der Waals surface area contributed by atoms with Gasteiger partial charge in [-0.2, -0.15) is 0 Å². The zero-order valence-electron chi connectivity index (χ0n) is 8.92. The molecule has 0 atom stereocenters. The molecule has 1 aromatic carbocycles. The minimum atomic E-state index is 0.191. The Morgan fingerprint density at radius 1 is 1.38 bits per heavy atom. The van der Waals surface area contributed by atoms with Gasteiger partial charge >= 0.3 is 11.3 Å². The van der Waals surface area contributed by atoms with Crippen molar-refractivity contribution in [3.05, 3.63) is 36.5 Å². The third kappa shape index (κ3) is 5.95. The topological polar surface area (TPSA) is 70.9 Å². The maximum atomic E-state index is 8.21. The van der Waals surface area contributed by atoms with Crippen LogP contribution in [-0.4, -0.2) is 25.1 Å². The fourth-order valence-corrected chi connectivity index (χ4v) is 0.964. The van der Waals surface area contributed by atoms with Crippen molar-refractivity contribution < 1.29 is 19.5 Å². The van der Waals surface area contributed by atoms with Gasteiger partial charge in [-0.3, -0.25) is 10.2 Å². The molecule has 0 aromatic heterocycles. The Balaban J connectivity index is 0.00000106. The van der Waals surface area contributed by atoms with Gasteiger partial charge in [0.25, 0.3) is 0 Å². The summed E-state index contributed by atoms with van der Waals surface area (Å²) in [6.07, 6.45) is 1.69. The first-order valence-corrected chi connectivity index (χ1v) is 4.46. The molecule has 5 nitrogen and oxygen atoms in total. The molecule has 0 spiro atoms. The maximum absolute atomic E-state index is 8.21. The van der Waals surface area contributed by atoms with Gasteiger partial charge in [-0.1, -0.05) is 12.1 Å². The average Bonchev–Trinajstić information content (AvgIpc) is 2.35. The summed E-state index contributed by atoms with van der Waals surface area (Å²) in [6.45, 7) is 5.16. The van der Waals surface area contributed by atoms with Crippen LogP contribution < -0.4 is 4.74 Å². The van der Waals surface area contributed by atoms with Gasteiger partial charge in [-0.05, 0) is 17.7 Å². The Labute approximate surface area is 94.0 Å². The van der Waals surface area contributed by atoms with E-state index in [1.807, 2.05) is 24.3 Å². The predicted octanol–water partition coefficient (Wildman–Crippen LogP) is 1.72. The monoisotopic (exact) mass is 223 g/mol. The molecule has 0 fully saturated rings. The fraction of sp³-hybridized carbons (Fsp3) is 0.273. The molecule has 5 heteroatoms. The summed E-state index contributed by atoms with van der Waals surface area (Å²) in [5, 5.41) is 8.21. The van der Waals surface area contributed by atoms with Crippen LogP contribution in [0, 0.1) is 6.65 Å². The molecule has 0 saturated heterocycles. The van der Waals surface area contributed by atoms with Gasteiger partial charge in [0, 0.05) is 13.3 Å². The van der Waals surface area contributed by atoms with Gasteiger partial charge in [0.2, 0.25) is 0 Å². The molecule has 1 rings (SSSR count). The number of hydrogen-bond acceptors (Lipinski definition) is 4. The van der Waals surface area contributed by atoms with E-state index in [0.29, 0.717) is 6.61 Å². The number of nitrogens with zero attached hydrogens (tertiary/aromatic N) is 1. The standard InChI is InChI=1S/C10H13NO3.CO/c1-11-6-7-13-10-4-2-9(3-5-10)8-14-12;1-2/h2-6,12H,7-8H2,1H3;. The summed E-state index contributed by atoms with van der Waals surface area (Å²) >= 11 is 0. The molecule has 0 amide bonds. The van der Waals surface area contributed by atoms with Crippen LogP contribution in [0.3, 0.4) is 0 Å². The van der Waals surface area contributed by atoms with E-state index in [1.165, 1.54) is 0 Å². The molecule has 0 aliphatic heterocycles. The summed E-state index contributed by atoms with van der Waals surface area (Å²) in [5.41, 5.74) is 0.893. The normalized spacial score (nSPS) is 9.50. The van der Waals surface area contributed by atoms with Gasteiger partial charge in [-0.25, -0.2) is 4.89 Å². The van der Waals surface area contributed by atoms with Crippen LogP contribution in [0.5, 0.6) is 5.75 Å². The molecule has 0 unspecified atom stereocenters. The van der Waals surface area contributed by atoms with Crippen LogP contribution >= 0.6 is 0 Å². The summed E-state index contributed by atoms with van der Waals surface area (Å²) in [5.74, 6) is 0.770. The van der Waals surface area contributed by atoms with E-state index in [9.17, 15) is 0 Å². The molecule has 0 saturated carbocycles. The molecular weight excluding hydrogens is 210 g/mol. The van der Waals surface area contributed by atoms with Crippen molar-refractivity contribution in [2.24, 2.45) is 4.99 Å². The second kappa shape index (κ2) is 9.89. The van der Waals surface area contributed by atoms with Gasteiger partial charge in [0.1, 0.15) is 19.0 Å². The molecule has 16 heavy (non-hydrogen) atoms. The van der Waals surface area contributed by atoms with Crippen molar-refractivity contribution in [2.45, 2.75) is 6.61 Å². The Kier molecular flexibility index (Phi) is 8.87. The van der Waals surface area contributed by atoms with Crippen LogP contribution in [0.15, 0.2) is 29.3 Å². The van der Waals surface area contributed by atoms with Crippen molar-refractivity contribution >= 4 is 6.21 Å². The average molecular weight is 223 g/mol. The first-order valence-electron chi connectivity index (χ1n) is 4.46.